The Kier molecular flexibility index (Phi) is 7.65. The Hall–Kier alpha value is -2.60. The van der Waals surface area contributed by atoms with Crippen LogP contribution in [-0.2, 0) is 28.8 Å². The van der Waals surface area contributed by atoms with E-state index in [2.05, 4.69) is 10.3 Å². The maximum atomic E-state index is 12.5. The molecule has 186 valence electrons. The zero-order chi connectivity index (χ0) is 26.1. The summed E-state index contributed by atoms with van der Waals surface area (Å²) in [4.78, 5) is -0.260. The molecular formula is C22H12Cl4N2O6S2. The molecule has 0 unspecified atom stereocenters. The molecule has 0 aromatic heterocycles. The summed E-state index contributed by atoms with van der Waals surface area (Å²) in [5.74, 6) is 0. The first-order chi connectivity index (χ1) is 17.0. The Balaban J connectivity index is 1.79. The highest BCUT2D eigenvalue weighted by Gasteiger charge is 2.30. The van der Waals surface area contributed by atoms with Crippen LogP contribution in [0, 0.1) is 0 Å². The summed E-state index contributed by atoms with van der Waals surface area (Å²) in [7, 11) is -8.54. The van der Waals surface area contributed by atoms with E-state index in [1.54, 1.807) is 12.1 Å². The highest BCUT2D eigenvalue weighted by Crippen LogP contribution is 2.43. The number of oxime groups is 2. The summed E-state index contributed by atoms with van der Waals surface area (Å²) in [6.07, 6.45) is 2.54. The van der Waals surface area contributed by atoms with E-state index >= 15 is 0 Å². The predicted octanol–water partition coefficient (Wildman–Crippen LogP) is 6.09. The topological polar surface area (TPSA) is 111 Å². The monoisotopic (exact) mass is 604 g/mol. The van der Waals surface area contributed by atoms with Crippen molar-refractivity contribution in [3.63, 3.8) is 0 Å². The number of benzene rings is 3. The average molecular weight is 606 g/mol. The van der Waals surface area contributed by atoms with Gasteiger partial charge in [0.1, 0.15) is 21.2 Å². The van der Waals surface area contributed by atoms with E-state index in [1.807, 2.05) is 0 Å². The Morgan fingerprint density at radius 2 is 0.861 bits per heavy atom. The molecule has 0 bridgehead atoms. The van der Waals surface area contributed by atoms with E-state index in [1.165, 1.54) is 60.7 Å². The molecule has 0 radical (unpaired) electrons. The Bertz CT molecular complexity index is 1520. The summed E-state index contributed by atoms with van der Waals surface area (Å²) in [6.45, 7) is 0. The largest absolute Gasteiger partial charge is 0.358 e. The predicted molar refractivity (Wildman–Crippen MR) is 138 cm³/mol. The van der Waals surface area contributed by atoms with Crippen molar-refractivity contribution in [2.24, 2.45) is 10.3 Å². The van der Waals surface area contributed by atoms with Crippen molar-refractivity contribution in [3.8, 4) is 0 Å². The van der Waals surface area contributed by atoms with Crippen molar-refractivity contribution in [2.45, 2.75) is 9.79 Å². The van der Waals surface area contributed by atoms with Crippen molar-refractivity contribution in [1.82, 2.24) is 0 Å². The van der Waals surface area contributed by atoms with Crippen LogP contribution in [0.3, 0.4) is 0 Å². The molecule has 0 N–H and O–H groups in total. The minimum Gasteiger partial charge on any atom is -0.264 e. The molecule has 1 aliphatic carbocycles. The zero-order valence-corrected chi connectivity index (χ0v) is 22.3. The molecule has 0 amide bonds. The van der Waals surface area contributed by atoms with Crippen LogP contribution < -0.4 is 0 Å². The van der Waals surface area contributed by atoms with Crippen molar-refractivity contribution in [2.75, 3.05) is 0 Å². The van der Waals surface area contributed by atoms with E-state index in [4.69, 9.17) is 55.0 Å². The van der Waals surface area contributed by atoms with Crippen LogP contribution >= 0.6 is 46.4 Å². The third kappa shape index (κ3) is 5.24. The molecule has 0 spiro atoms. The molecule has 8 nitrogen and oxygen atoms in total. The Morgan fingerprint density at radius 3 is 1.19 bits per heavy atom. The lowest BCUT2D eigenvalue weighted by Crippen LogP contribution is -2.17. The van der Waals surface area contributed by atoms with E-state index < -0.39 is 20.2 Å². The van der Waals surface area contributed by atoms with Crippen LogP contribution in [-0.4, -0.2) is 28.3 Å². The summed E-state index contributed by atoms with van der Waals surface area (Å²) < 4.78 is 59.7. The molecule has 14 heteroatoms. The van der Waals surface area contributed by atoms with Crippen LogP contribution in [0.1, 0.15) is 11.1 Å². The number of allylic oxidation sites excluding steroid dienone is 2. The smallest absolute Gasteiger partial charge is 0.264 e. The van der Waals surface area contributed by atoms with Gasteiger partial charge in [0.15, 0.2) is 0 Å². The van der Waals surface area contributed by atoms with Gasteiger partial charge in [0.2, 0.25) is 0 Å². The van der Waals surface area contributed by atoms with E-state index in [0.29, 0.717) is 0 Å². The fraction of sp³-hybridized carbons (Fsp3) is 0. The first-order valence-electron chi connectivity index (χ1n) is 9.71. The Labute approximate surface area is 226 Å². The van der Waals surface area contributed by atoms with Crippen LogP contribution in [0.5, 0.6) is 0 Å². The molecular weight excluding hydrogens is 594 g/mol. The number of halogens is 4. The van der Waals surface area contributed by atoms with Crippen LogP contribution in [0.4, 0.5) is 0 Å². The molecule has 0 saturated carbocycles. The second-order valence-corrected chi connectivity index (χ2v) is 11.5. The zero-order valence-electron chi connectivity index (χ0n) is 17.6. The quantitative estimate of drug-likeness (QED) is 0.191. The van der Waals surface area contributed by atoms with Gasteiger partial charge in [-0.15, -0.1) is 0 Å². The number of hydrogen-bond acceptors (Lipinski definition) is 8. The molecule has 3 aromatic rings. The minimum absolute atomic E-state index is 0.00119. The standard InChI is InChI=1S/C22H12Cl4N2O6S2/c23-19-17-15(27-33-35(29,30)13-7-3-1-4-8-13)11-12-16(18(17)20(24)22(26)21(19)25)28-34-36(31,32)14-9-5-2-6-10-14/h1-12H. The van der Waals surface area contributed by atoms with Crippen LogP contribution in [0.15, 0.2) is 92.9 Å². The van der Waals surface area contributed by atoms with Gasteiger partial charge in [-0.05, 0) is 36.4 Å². The molecule has 0 fully saturated rings. The maximum absolute atomic E-state index is 12.5. The first kappa shape index (κ1) is 26.5. The van der Waals surface area contributed by atoms with Crippen LogP contribution in [0.2, 0.25) is 20.1 Å². The van der Waals surface area contributed by atoms with Crippen molar-refractivity contribution >= 4 is 78.1 Å². The summed E-state index contributed by atoms with van der Waals surface area (Å²) in [6, 6.07) is 14.7. The lowest BCUT2D eigenvalue weighted by Gasteiger charge is -2.19. The lowest BCUT2D eigenvalue weighted by molar-refractivity contribution is 0.338. The SMILES string of the molecule is O=S(=O)(ON=C1C=CC(=NOS(=O)(=O)c2ccccc2)c2c(Cl)c(Cl)c(Cl)c(Cl)c21)c1ccccc1. The number of rotatable bonds is 6. The fourth-order valence-electron chi connectivity index (χ4n) is 3.03. The molecule has 1 aliphatic rings. The van der Waals surface area contributed by atoms with Crippen molar-refractivity contribution < 1.29 is 25.4 Å². The normalized spacial score (nSPS) is 15.7. The van der Waals surface area contributed by atoms with Gasteiger partial charge in [0, 0.05) is 11.1 Å². The van der Waals surface area contributed by atoms with E-state index in [0.717, 1.165) is 0 Å². The molecule has 0 saturated heterocycles. The lowest BCUT2D eigenvalue weighted by atomic mass is 9.93. The van der Waals surface area contributed by atoms with Gasteiger partial charge >= 0.3 is 20.2 Å². The van der Waals surface area contributed by atoms with Gasteiger partial charge in [-0.3, -0.25) is 8.57 Å². The fourth-order valence-corrected chi connectivity index (χ4v) is 5.58. The molecule has 4 rings (SSSR count). The first-order valence-corrected chi connectivity index (χ1v) is 14.0. The molecule has 0 atom stereocenters. The second kappa shape index (κ2) is 10.4. The number of hydrogen-bond donors (Lipinski definition) is 0. The van der Waals surface area contributed by atoms with E-state index in [9.17, 15) is 16.8 Å². The van der Waals surface area contributed by atoms with Gasteiger partial charge in [-0.1, -0.05) is 93.1 Å². The molecule has 3 aromatic carbocycles. The van der Waals surface area contributed by atoms with Gasteiger partial charge in [0.25, 0.3) is 0 Å². The van der Waals surface area contributed by atoms with Crippen molar-refractivity contribution in [1.29, 1.82) is 0 Å². The maximum Gasteiger partial charge on any atom is 0.358 e. The average Bonchev–Trinajstić information content (AvgIpc) is 2.89. The summed E-state index contributed by atoms with van der Waals surface area (Å²) in [5, 5.41) is 6.85. The third-order valence-corrected chi connectivity index (χ3v) is 8.75. The van der Waals surface area contributed by atoms with Gasteiger partial charge in [0.05, 0.1) is 20.1 Å². The molecule has 36 heavy (non-hydrogen) atoms. The summed E-state index contributed by atoms with van der Waals surface area (Å²) in [5.41, 5.74) is -0.192. The number of fused-ring (bicyclic) bond motifs is 1. The van der Waals surface area contributed by atoms with E-state index in [-0.39, 0.29) is 52.4 Å². The third-order valence-electron chi connectivity index (χ3n) is 4.71. The molecule has 0 aliphatic heterocycles. The van der Waals surface area contributed by atoms with Gasteiger partial charge < -0.3 is 0 Å². The van der Waals surface area contributed by atoms with Crippen LogP contribution in [0.25, 0.3) is 0 Å². The highest BCUT2D eigenvalue weighted by atomic mass is 35.5. The van der Waals surface area contributed by atoms with Gasteiger partial charge in [-0.25, -0.2) is 0 Å². The Morgan fingerprint density at radius 1 is 0.528 bits per heavy atom. The minimum atomic E-state index is -4.27. The second-order valence-electron chi connectivity index (χ2n) is 6.98. The van der Waals surface area contributed by atoms with Crippen molar-refractivity contribution in [3.05, 3.63) is 104 Å². The van der Waals surface area contributed by atoms with Gasteiger partial charge in [-0.2, -0.15) is 16.8 Å². The summed E-state index contributed by atoms with van der Waals surface area (Å²) >= 11 is 25.2. The molecule has 0 heterocycles. The number of nitrogens with zero attached hydrogens (tertiary/aromatic N) is 2. The highest BCUT2D eigenvalue weighted by molar-refractivity contribution is 7.87.